The maximum absolute atomic E-state index is 11.7. The van der Waals surface area contributed by atoms with Crippen LogP contribution in [0.25, 0.3) is 0 Å². The number of nitrogens with zero attached hydrogens (tertiary/aromatic N) is 1. The van der Waals surface area contributed by atoms with E-state index in [9.17, 15) is 18.0 Å². The number of carboxylic acid groups (broad SMARTS) is 1. The largest absolute Gasteiger partial charge is 0.480 e. The molecule has 1 N–H and O–H groups in total. The maximum atomic E-state index is 11.7. The minimum atomic E-state index is -3.46. The average molecular weight is 279 g/mol. The lowest BCUT2D eigenvalue weighted by Gasteiger charge is -2.20. The van der Waals surface area contributed by atoms with Gasteiger partial charge in [0.15, 0.2) is 9.84 Å². The zero-order valence-electron chi connectivity index (χ0n) is 11.0. The fourth-order valence-corrected chi connectivity index (χ4v) is 3.26. The SMILES string of the molecule is CCCN(CC(=O)O)C(=O)CS(=O)(=O)CC(C)C. The van der Waals surface area contributed by atoms with Gasteiger partial charge in [-0.25, -0.2) is 8.42 Å². The van der Waals surface area contributed by atoms with Gasteiger partial charge >= 0.3 is 5.97 Å². The first-order chi connectivity index (χ1) is 8.18. The van der Waals surface area contributed by atoms with Gasteiger partial charge in [0.1, 0.15) is 12.3 Å². The summed E-state index contributed by atoms with van der Waals surface area (Å²) < 4.78 is 23.3. The highest BCUT2D eigenvalue weighted by Gasteiger charge is 2.23. The number of sulfone groups is 1. The van der Waals surface area contributed by atoms with Crippen LogP contribution in [-0.2, 0) is 19.4 Å². The second-order valence-corrected chi connectivity index (χ2v) is 6.77. The first-order valence-electron chi connectivity index (χ1n) is 5.88. The molecule has 0 bridgehead atoms. The molecule has 0 saturated carbocycles. The van der Waals surface area contributed by atoms with Crippen LogP contribution in [0.15, 0.2) is 0 Å². The van der Waals surface area contributed by atoms with E-state index < -0.39 is 34.0 Å². The highest BCUT2D eigenvalue weighted by molar-refractivity contribution is 7.92. The molecule has 0 aliphatic carbocycles. The van der Waals surface area contributed by atoms with Gasteiger partial charge < -0.3 is 10.0 Å². The molecule has 0 radical (unpaired) electrons. The molecule has 0 saturated heterocycles. The van der Waals surface area contributed by atoms with E-state index in [1.807, 2.05) is 0 Å². The van der Waals surface area contributed by atoms with Crippen molar-refractivity contribution in [1.82, 2.24) is 4.90 Å². The van der Waals surface area contributed by atoms with Crippen molar-refractivity contribution in [2.24, 2.45) is 5.92 Å². The summed E-state index contributed by atoms with van der Waals surface area (Å²) in [5.41, 5.74) is 0. The molecule has 0 aromatic carbocycles. The Balaban J connectivity index is 4.64. The summed E-state index contributed by atoms with van der Waals surface area (Å²) in [6, 6.07) is 0. The molecule has 7 heteroatoms. The van der Waals surface area contributed by atoms with E-state index in [2.05, 4.69) is 0 Å². The lowest BCUT2D eigenvalue weighted by molar-refractivity contribution is -0.143. The third-order valence-electron chi connectivity index (χ3n) is 2.10. The summed E-state index contributed by atoms with van der Waals surface area (Å²) in [6.45, 7) is 5.10. The van der Waals surface area contributed by atoms with Gasteiger partial charge in [-0.2, -0.15) is 0 Å². The molecule has 0 unspecified atom stereocenters. The van der Waals surface area contributed by atoms with Crippen LogP contribution in [0.3, 0.4) is 0 Å². The van der Waals surface area contributed by atoms with Gasteiger partial charge in [0.05, 0.1) is 5.75 Å². The summed E-state index contributed by atoms with van der Waals surface area (Å²) >= 11 is 0. The zero-order chi connectivity index (χ0) is 14.3. The molecule has 0 atom stereocenters. The molecular weight excluding hydrogens is 258 g/mol. The van der Waals surface area contributed by atoms with Crippen LogP contribution < -0.4 is 0 Å². The van der Waals surface area contributed by atoms with Crippen LogP contribution in [0.2, 0.25) is 0 Å². The Hall–Kier alpha value is -1.11. The number of hydrogen-bond acceptors (Lipinski definition) is 4. The van der Waals surface area contributed by atoms with Crippen molar-refractivity contribution in [2.75, 3.05) is 24.6 Å². The van der Waals surface area contributed by atoms with Crippen molar-refractivity contribution < 1.29 is 23.1 Å². The Labute approximate surface area is 108 Å². The van der Waals surface area contributed by atoms with Crippen LogP contribution >= 0.6 is 0 Å². The summed E-state index contributed by atoms with van der Waals surface area (Å²) in [6.07, 6.45) is 0.587. The fourth-order valence-electron chi connectivity index (χ4n) is 1.57. The Morgan fingerprint density at radius 1 is 1.28 bits per heavy atom. The number of aliphatic carboxylic acids is 1. The molecule has 0 spiro atoms. The third kappa shape index (κ3) is 7.26. The Morgan fingerprint density at radius 3 is 2.22 bits per heavy atom. The third-order valence-corrected chi connectivity index (χ3v) is 3.96. The minimum absolute atomic E-state index is 0.0538. The minimum Gasteiger partial charge on any atom is -0.480 e. The van der Waals surface area contributed by atoms with E-state index in [4.69, 9.17) is 5.11 Å². The van der Waals surface area contributed by atoms with E-state index in [0.29, 0.717) is 6.42 Å². The van der Waals surface area contributed by atoms with Crippen LogP contribution in [-0.4, -0.2) is 54.9 Å². The van der Waals surface area contributed by atoms with Gasteiger partial charge in [-0.15, -0.1) is 0 Å². The van der Waals surface area contributed by atoms with Gasteiger partial charge in [-0.1, -0.05) is 20.8 Å². The molecule has 6 nitrogen and oxygen atoms in total. The first-order valence-corrected chi connectivity index (χ1v) is 7.70. The highest BCUT2D eigenvalue weighted by atomic mass is 32.2. The second kappa shape index (κ2) is 7.35. The van der Waals surface area contributed by atoms with Crippen LogP contribution in [0.4, 0.5) is 0 Å². The van der Waals surface area contributed by atoms with E-state index in [0.717, 1.165) is 4.90 Å². The number of carbonyl (C=O) groups is 2. The molecule has 0 aliphatic heterocycles. The number of carbonyl (C=O) groups excluding carboxylic acids is 1. The van der Waals surface area contributed by atoms with Crippen LogP contribution in [0, 0.1) is 5.92 Å². The van der Waals surface area contributed by atoms with Gasteiger partial charge in [-0.3, -0.25) is 9.59 Å². The standard InChI is InChI=1S/C11H21NO5S/c1-4-5-12(6-11(14)15)10(13)8-18(16,17)7-9(2)3/h9H,4-8H2,1-3H3,(H,14,15). The van der Waals surface area contributed by atoms with Gasteiger partial charge in [0, 0.05) is 6.54 Å². The molecule has 106 valence electrons. The quantitative estimate of drug-likeness (QED) is 0.693. The van der Waals surface area contributed by atoms with Crippen molar-refractivity contribution in [3.8, 4) is 0 Å². The lowest BCUT2D eigenvalue weighted by Crippen LogP contribution is -2.40. The van der Waals surface area contributed by atoms with Gasteiger partial charge in [0.2, 0.25) is 5.91 Å². The lowest BCUT2D eigenvalue weighted by atomic mass is 10.3. The van der Waals surface area contributed by atoms with Crippen molar-refractivity contribution in [3.63, 3.8) is 0 Å². The number of amides is 1. The Bertz CT molecular complexity index is 388. The van der Waals surface area contributed by atoms with E-state index >= 15 is 0 Å². The summed E-state index contributed by atoms with van der Waals surface area (Å²) in [5, 5.41) is 8.66. The van der Waals surface area contributed by atoms with Crippen molar-refractivity contribution in [2.45, 2.75) is 27.2 Å². The number of rotatable bonds is 8. The van der Waals surface area contributed by atoms with Crippen molar-refractivity contribution in [1.29, 1.82) is 0 Å². The Morgan fingerprint density at radius 2 is 1.83 bits per heavy atom. The maximum Gasteiger partial charge on any atom is 0.323 e. The fraction of sp³-hybridized carbons (Fsp3) is 0.818. The van der Waals surface area contributed by atoms with Gasteiger partial charge in [0.25, 0.3) is 0 Å². The smallest absolute Gasteiger partial charge is 0.323 e. The topological polar surface area (TPSA) is 91.8 Å². The molecule has 0 aromatic heterocycles. The van der Waals surface area contributed by atoms with Gasteiger partial charge in [-0.05, 0) is 12.3 Å². The predicted octanol–water partition coefficient (Wildman–Crippen LogP) is 0.380. The zero-order valence-corrected chi connectivity index (χ0v) is 11.9. The second-order valence-electron chi connectivity index (χ2n) is 4.66. The number of carboxylic acids is 1. The van der Waals surface area contributed by atoms with Crippen molar-refractivity contribution in [3.05, 3.63) is 0 Å². The van der Waals surface area contributed by atoms with Crippen LogP contribution in [0.1, 0.15) is 27.2 Å². The molecule has 0 fully saturated rings. The molecule has 0 aromatic rings. The van der Waals surface area contributed by atoms with E-state index in [1.54, 1.807) is 20.8 Å². The molecular formula is C11H21NO5S. The molecule has 0 rings (SSSR count). The normalized spacial score (nSPS) is 11.6. The molecule has 0 aliphatic rings. The average Bonchev–Trinajstić information content (AvgIpc) is 2.12. The summed E-state index contributed by atoms with van der Waals surface area (Å²) in [4.78, 5) is 23.4. The first kappa shape index (κ1) is 16.9. The van der Waals surface area contributed by atoms with E-state index in [-0.39, 0.29) is 18.2 Å². The van der Waals surface area contributed by atoms with Crippen LogP contribution in [0.5, 0.6) is 0 Å². The molecule has 1 amide bonds. The number of hydrogen-bond donors (Lipinski definition) is 1. The Kier molecular flexibility index (Phi) is 6.90. The monoisotopic (exact) mass is 279 g/mol. The molecule has 18 heavy (non-hydrogen) atoms. The summed E-state index contributed by atoms with van der Waals surface area (Å²) in [5.74, 6) is -2.51. The predicted molar refractivity (Wildman–Crippen MR) is 68.0 cm³/mol. The summed E-state index contributed by atoms with van der Waals surface area (Å²) in [7, 11) is -3.46. The highest BCUT2D eigenvalue weighted by Crippen LogP contribution is 2.03. The van der Waals surface area contributed by atoms with Crippen molar-refractivity contribution >= 4 is 21.7 Å². The van der Waals surface area contributed by atoms with E-state index in [1.165, 1.54) is 0 Å². The molecule has 0 heterocycles.